The molecule has 82 valence electrons. The molecule has 4 heteroatoms. The summed E-state index contributed by atoms with van der Waals surface area (Å²) >= 11 is 0. The molecule has 14 heavy (non-hydrogen) atoms. The summed E-state index contributed by atoms with van der Waals surface area (Å²) in [7, 11) is 0. The first-order valence-electron chi connectivity index (χ1n) is 5.12. The maximum atomic E-state index is 11.5. The minimum absolute atomic E-state index is 0.0247. The molecule has 1 unspecified atom stereocenters. The van der Waals surface area contributed by atoms with Crippen molar-refractivity contribution >= 4 is 6.03 Å². The third-order valence-electron chi connectivity index (χ3n) is 2.66. The molecule has 2 N–H and O–H groups in total. The molecule has 1 heterocycles. The first-order chi connectivity index (χ1) is 6.46. The summed E-state index contributed by atoms with van der Waals surface area (Å²) < 4.78 is 0. The van der Waals surface area contributed by atoms with Gasteiger partial charge in [-0.05, 0) is 11.8 Å². The number of nitrogens with one attached hydrogen (secondary N) is 1. The van der Waals surface area contributed by atoms with Crippen LogP contribution in [0, 0.1) is 5.41 Å². The lowest BCUT2D eigenvalue weighted by molar-refractivity contribution is 0.0615. The number of amides is 2. The Hall–Kier alpha value is -0.770. The summed E-state index contributed by atoms with van der Waals surface area (Å²) in [5, 5.41) is 12.1. The first-order valence-corrected chi connectivity index (χ1v) is 5.12. The van der Waals surface area contributed by atoms with Crippen LogP contribution < -0.4 is 5.32 Å². The molecule has 0 bridgehead atoms. The topological polar surface area (TPSA) is 52.6 Å². The van der Waals surface area contributed by atoms with Gasteiger partial charge in [0.05, 0.1) is 12.6 Å². The maximum Gasteiger partial charge on any atom is 0.317 e. The van der Waals surface area contributed by atoms with E-state index < -0.39 is 0 Å². The van der Waals surface area contributed by atoms with E-state index in [-0.39, 0.29) is 24.1 Å². The van der Waals surface area contributed by atoms with Gasteiger partial charge in [-0.15, -0.1) is 0 Å². The zero-order valence-corrected chi connectivity index (χ0v) is 9.21. The second kappa shape index (κ2) is 4.17. The van der Waals surface area contributed by atoms with Gasteiger partial charge in [-0.25, -0.2) is 4.79 Å². The van der Waals surface area contributed by atoms with Gasteiger partial charge in [0.25, 0.3) is 0 Å². The Labute approximate surface area is 85.3 Å². The molecule has 0 spiro atoms. The van der Waals surface area contributed by atoms with Crippen LogP contribution in [0.15, 0.2) is 0 Å². The molecule has 0 saturated carbocycles. The second-order valence-corrected chi connectivity index (χ2v) is 4.84. The number of hydrogen-bond acceptors (Lipinski definition) is 2. The quantitative estimate of drug-likeness (QED) is 0.693. The van der Waals surface area contributed by atoms with Crippen LogP contribution in [0.25, 0.3) is 0 Å². The molecule has 1 rings (SSSR count). The number of aliphatic hydroxyl groups excluding tert-OH is 1. The van der Waals surface area contributed by atoms with Crippen molar-refractivity contribution in [1.82, 2.24) is 10.2 Å². The van der Waals surface area contributed by atoms with Gasteiger partial charge in [-0.3, -0.25) is 0 Å². The Bertz CT molecular complexity index is 211. The lowest BCUT2D eigenvalue weighted by atomic mass is 9.86. The fraction of sp³-hybridized carbons (Fsp3) is 0.900. The van der Waals surface area contributed by atoms with Crippen LogP contribution in [0.1, 0.15) is 27.2 Å². The fourth-order valence-electron chi connectivity index (χ4n) is 1.79. The Morgan fingerprint density at radius 2 is 2.21 bits per heavy atom. The Kier molecular flexibility index (Phi) is 3.37. The van der Waals surface area contributed by atoms with Gasteiger partial charge in [0.1, 0.15) is 0 Å². The van der Waals surface area contributed by atoms with Gasteiger partial charge in [-0.1, -0.05) is 20.8 Å². The summed E-state index contributed by atoms with van der Waals surface area (Å²) in [6.07, 6.45) is 0.957. The van der Waals surface area contributed by atoms with E-state index in [9.17, 15) is 9.90 Å². The molecule has 0 aliphatic carbocycles. The highest BCUT2D eigenvalue weighted by molar-refractivity contribution is 5.75. The Morgan fingerprint density at radius 3 is 2.64 bits per heavy atom. The van der Waals surface area contributed by atoms with E-state index in [1.165, 1.54) is 0 Å². The zero-order chi connectivity index (χ0) is 10.8. The Morgan fingerprint density at radius 1 is 1.57 bits per heavy atom. The molecule has 2 amide bonds. The van der Waals surface area contributed by atoms with Crippen molar-refractivity contribution < 1.29 is 9.90 Å². The molecule has 4 nitrogen and oxygen atoms in total. The van der Waals surface area contributed by atoms with Crippen molar-refractivity contribution in [3.8, 4) is 0 Å². The SMILES string of the molecule is CC(C)(C)C(CO)N1CCCNC1=O. The summed E-state index contributed by atoms with van der Waals surface area (Å²) in [6, 6.07) is -0.145. The van der Waals surface area contributed by atoms with E-state index >= 15 is 0 Å². The van der Waals surface area contributed by atoms with Crippen LogP contribution in [0.4, 0.5) is 4.79 Å². The van der Waals surface area contributed by atoms with Crippen molar-refractivity contribution in [2.24, 2.45) is 5.41 Å². The highest BCUT2D eigenvalue weighted by Crippen LogP contribution is 2.25. The summed E-state index contributed by atoms with van der Waals surface area (Å²) in [5.74, 6) is 0. The van der Waals surface area contributed by atoms with Crippen molar-refractivity contribution in [2.75, 3.05) is 19.7 Å². The number of rotatable bonds is 2. The molecule has 1 fully saturated rings. The molecule has 1 atom stereocenters. The lowest BCUT2D eigenvalue weighted by Gasteiger charge is -2.41. The molecule has 0 aromatic rings. The average Bonchev–Trinajstić information content (AvgIpc) is 2.07. The largest absolute Gasteiger partial charge is 0.394 e. The third kappa shape index (κ3) is 2.38. The smallest absolute Gasteiger partial charge is 0.317 e. The van der Waals surface area contributed by atoms with Crippen LogP contribution in [0.5, 0.6) is 0 Å². The molecular weight excluding hydrogens is 180 g/mol. The molecule has 0 aromatic carbocycles. The van der Waals surface area contributed by atoms with Crippen LogP contribution >= 0.6 is 0 Å². The predicted molar refractivity (Wildman–Crippen MR) is 55.1 cm³/mol. The second-order valence-electron chi connectivity index (χ2n) is 4.84. The lowest BCUT2D eigenvalue weighted by Crippen LogP contribution is -2.56. The first kappa shape index (κ1) is 11.3. The minimum Gasteiger partial charge on any atom is -0.394 e. The van der Waals surface area contributed by atoms with Gasteiger partial charge in [0.2, 0.25) is 0 Å². The number of carbonyl (C=O) groups excluding carboxylic acids is 1. The monoisotopic (exact) mass is 200 g/mol. The predicted octanol–water partition coefficient (Wildman–Crippen LogP) is 0.809. The molecule has 1 saturated heterocycles. The third-order valence-corrected chi connectivity index (χ3v) is 2.66. The standard InChI is InChI=1S/C10H20N2O2/c1-10(2,3)8(7-13)12-6-4-5-11-9(12)14/h8,13H,4-7H2,1-3H3,(H,11,14). The number of aliphatic hydroxyl groups is 1. The Balaban J connectivity index is 2.72. The van der Waals surface area contributed by atoms with Crippen LogP contribution in [0.2, 0.25) is 0 Å². The van der Waals surface area contributed by atoms with Crippen LogP contribution in [0.3, 0.4) is 0 Å². The van der Waals surface area contributed by atoms with E-state index in [0.717, 1.165) is 19.5 Å². The zero-order valence-electron chi connectivity index (χ0n) is 9.21. The van der Waals surface area contributed by atoms with E-state index in [0.29, 0.717) is 0 Å². The van der Waals surface area contributed by atoms with Crippen LogP contribution in [-0.4, -0.2) is 41.8 Å². The van der Waals surface area contributed by atoms with Crippen molar-refractivity contribution in [3.63, 3.8) is 0 Å². The van der Waals surface area contributed by atoms with Crippen LogP contribution in [-0.2, 0) is 0 Å². The summed E-state index contributed by atoms with van der Waals surface area (Å²) in [6.45, 7) is 7.63. The highest BCUT2D eigenvalue weighted by Gasteiger charge is 2.33. The van der Waals surface area contributed by atoms with E-state index in [2.05, 4.69) is 5.32 Å². The summed E-state index contributed by atoms with van der Waals surface area (Å²) in [4.78, 5) is 13.3. The highest BCUT2D eigenvalue weighted by atomic mass is 16.3. The molecule has 1 aliphatic heterocycles. The average molecular weight is 200 g/mol. The van der Waals surface area contributed by atoms with Crippen molar-refractivity contribution in [2.45, 2.75) is 33.2 Å². The van der Waals surface area contributed by atoms with Crippen molar-refractivity contribution in [3.05, 3.63) is 0 Å². The maximum absolute atomic E-state index is 11.5. The van der Waals surface area contributed by atoms with Gasteiger partial charge >= 0.3 is 6.03 Å². The number of nitrogens with zero attached hydrogens (tertiary/aromatic N) is 1. The molecule has 0 aromatic heterocycles. The fourth-order valence-corrected chi connectivity index (χ4v) is 1.79. The molecule has 1 aliphatic rings. The number of urea groups is 1. The molecule has 0 radical (unpaired) electrons. The number of hydrogen-bond donors (Lipinski definition) is 2. The van der Waals surface area contributed by atoms with E-state index in [4.69, 9.17) is 0 Å². The van der Waals surface area contributed by atoms with Crippen molar-refractivity contribution in [1.29, 1.82) is 0 Å². The van der Waals surface area contributed by atoms with Gasteiger partial charge in [0, 0.05) is 13.1 Å². The van der Waals surface area contributed by atoms with Gasteiger partial charge < -0.3 is 15.3 Å². The van der Waals surface area contributed by atoms with E-state index in [1.54, 1.807) is 4.90 Å². The van der Waals surface area contributed by atoms with Gasteiger partial charge in [0.15, 0.2) is 0 Å². The molecular formula is C10H20N2O2. The summed E-state index contributed by atoms with van der Waals surface area (Å²) in [5.41, 5.74) is -0.0799. The minimum atomic E-state index is -0.0946. The van der Waals surface area contributed by atoms with Gasteiger partial charge in [-0.2, -0.15) is 0 Å². The normalized spacial score (nSPS) is 20.6. The van der Waals surface area contributed by atoms with E-state index in [1.807, 2.05) is 20.8 Å². The number of carbonyl (C=O) groups is 1.